The highest BCUT2D eigenvalue weighted by molar-refractivity contribution is 5.16. The molecule has 0 spiro atoms. The van der Waals surface area contributed by atoms with Gasteiger partial charge in [0.05, 0.1) is 12.2 Å². The Morgan fingerprint density at radius 3 is 2.58 bits per heavy atom. The Hall–Kier alpha value is -0.830. The quantitative estimate of drug-likeness (QED) is 0.717. The fraction of sp³-hybridized carbons (Fsp3) is 0.667. The second kappa shape index (κ2) is 3.72. The predicted molar refractivity (Wildman–Crippen MR) is 50.2 cm³/mol. The van der Waals surface area contributed by atoms with E-state index in [1.54, 1.807) is 0 Å². The topological polar surface area (TPSA) is 40.7 Å². The number of rotatable bonds is 3. The highest BCUT2D eigenvalue weighted by Crippen LogP contribution is 2.15. The Morgan fingerprint density at radius 2 is 2.17 bits per heavy atom. The summed E-state index contributed by atoms with van der Waals surface area (Å²) in [5.74, 6) is 1.53. The molecule has 0 radical (unpaired) electrons. The lowest BCUT2D eigenvalue weighted by Gasteiger charge is -1.99. The van der Waals surface area contributed by atoms with Gasteiger partial charge in [-0.2, -0.15) is 0 Å². The van der Waals surface area contributed by atoms with Crippen LogP contribution in [0, 0.1) is 6.92 Å². The van der Waals surface area contributed by atoms with Gasteiger partial charge in [0.1, 0.15) is 5.82 Å². The molecule has 0 aromatic carbocycles. The van der Waals surface area contributed by atoms with E-state index < -0.39 is 0 Å². The Labute approximate surface area is 73.6 Å². The van der Waals surface area contributed by atoms with Crippen molar-refractivity contribution in [3.63, 3.8) is 0 Å². The van der Waals surface area contributed by atoms with E-state index in [-0.39, 0.29) is 0 Å². The molecule has 3 nitrogen and oxygen atoms in total. The Balaban J connectivity index is 2.85. The molecule has 0 amide bonds. The summed E-state index contributed by atoms with van der Waals surface area (Å²) >= 11 is 0. The molecule has 3 heteroatoms. The molecule has 1 aromatic rings. The van der Waals surface area contributed by atoms with Crippen molar-refractivity contribution in [2.75, 3.05) is 7.05 Å². The first-order valence-electron chi connectivity index (χ1n) is 4.35. The molecule has 0 saturated heterocycles. The van der Waals surface area contributed by atoms with E-state index in [1.807, 2.05) is 7.05 Å². The molecule has 1 heterocycles. The molecule has 68 valence electrons. The van der Waals surface area contributed by atoms with E-state index in [0.717, 1.165) is 12.4 Å². The van der Waals surface area contributed by atoms with Gasteiger partial charge in [-0.25, -0.2) is 4.98 Å². The molecule has 2 N–H and O–H groups in total. The lowest BCUT2D eigenvalue weighted by molar-refractivity contribution is 0.758. The molecule has 1 aromatic heterocycles. The zero-order valence-electron chi connectivity index (χ0n) is 8.23. The van der Waals surface area contributed by atoms with E-state index in [9.17, 15) is 0 Å². The van der Waals surface area contributed by atoms with Crippen molar-refractivity contribution in [1.29, 1.82) is 0 Å². The second-order valence-corrected chi connectivity index (χ2v) is 3.38. The summed E-state index contributed by atoms with van der Waals surface area (Å²) in [6.45, 7) is 7.20. The lowest BCUT2D eigenvalue weighted by Crippen LogP contribution is -2.06. The first-order valence-corrected chi connectivity index (χ1v) is 4.35. The smallest absolute Gasteiger partial charge is 0.120 e. The van der Waals surface area contributed by atoms with E-state index in [2.05, 4.69) is 36.1 Å². The van der Waals surface area contributed by atoms with Gasteiger partial charge in [0, 0.05) is 5.69 Å². The van der Waals surface area contributed by atoms with Crippen molar-refractivity contribution in [3.8, 4) is 0 Å². The zero-order valence-corrected chi connectivity index (χ0v) is 8.23. The second-order valence-electron chi connectivity index (χ2n) is 3.38. The van der Waals surface area contributed by atoms with Crippen LogP contribution >= 0.6 is 0 Å². The van der Waals surface area contributed by atoms with Gasteiger partial charge in [-0.1, -0.05) is 13.8 Å². The number of hydrogen-bond acceptors (Lipinski definition) is 2. The Bertz CT molecular complexity index is 250. The average Bonchev–Trinajstić information content (AvgIpc) is 2.32. The van der Waals surface area contributed by atoms with Crippen LogP contribution in [0.25, 0.3) is 0 Å². The number of aryl methyl sites for hydroxylation is 1. The number of imidazole rings is 1. The Morgan fingerprint density at radius 1 is 1.50 bits per heavy atom. The van der Waals surface area contributed by atoms with Crippen molar-refractivity contribution in [3.05, 3.63) is 17.2 Å². The molecular weight excluding hydrogens is 150 g/mol. The van der Waals surface area contributed by atoms with Crippen LogP contribution in [-0.4, -0.2) is 17.0 Å². The molecular formula is C9H17N3. The van der Waals surface area contributed by atoms with E-state index in [4.69, 9.17) is 0 Å². The number of aromatic amines is 1. The minimum atomic E-state index is 0.506. The number of H-pyrrole nitrogens is 1. The summed E-state index contributed by atoms with van der Waals surface area (Å²) in [5, 5.41) is 3.07. The standard InChI is InChI=1S/C9H17N3/c1-6(2)9-7(3)11-8(12-9)5-10-4/h6,10H,5H2,1-4H3,(H,11,12). The maximum absolute atomic E-state index is 4.48. The maximum Gasteiger partial charge on any atom is 0.120 e. The fourth-order valence-corrected chi connectivity index (χ4v) is 1.35. The van der Waals surface area contributed by atoms with Crippen molar-refractivity contribution >= 4 is 0 Å². The average molecular weight is 167 g/mol. The minimum absolute atomic E-state index is 0.506. The summed E-state index contributed by atoms with van der Waals surface area (Å²) in [7, 11) is 1.92. The molecule has 0 fully saturated rings. The van der Waals surface area contributed by atoms with Gasteiger partial charge in [0.15, 0.2) is 0 Å². The normalized spacial score (nSPS) is 11.1. The molecule has 0 saturated carbocycles. The molecule has 0 atom stereocenters. The largest absolute Gasteiger partial charge is 0.345 e. The lowest BCUT2D eigenvalue weighted by atomic mass is 10.1. The SMILES string of the molecule is CNCc1nc(C(C)C)c(C)[nH]1. The molecule has 0 aliphatic carbocycles. The van der Waals surface area contributed by atoms with Gasteiger partial charge in [-0.05, 0) is 19.9 Å². The first-order chi connectivity index (χ1) is 5.65. The highest BCUT2D eigenvalue weighted by Gasteiger charge is 2.08. The summed E-state index contributed by atoms with van der Waals surface area (Å²) in [4.78, 5) is 7.73. The van der Waals surface area contributed by atoms with E-state index in [1.165, 1.54) is 11.4 Å². The van der Waals surface area contributed by atoms with Crippen LogP contribution in [-0.2, 0) is 6.54 Å². The van der Waals surface area contributed by atoms with Crippen LogP contribution in [0.3, 0.4) is 0 Å². The minimum Gasteiger partial charge on any atom is -0.345 e. The van der Waals surface area contributed by atoms with Crippen molar-refractivity contribution < 1.29 is 0 Å². The van der Waals surface area contributed by atoms with Gasteiger partial charge < -0.3 is 10.3 Å². The maximum atomic E-state index is 4.48. The first kappa shape index (κ1) is 9.26. The summed E-state index contributed by atoms with van der Waals surface area (Å²) in [6, 6.07) is 0. The third-order valence-corrected chi connectivity index (χ3v) is 1.86. The molecule has 0 unspecified atom stereocenters. The molecule has 12 heavy (non-hydrogen) atoms. The van der Waals surface area contributed by atoms with Gasteiger partial charge in [-0.3, -0.25) is 0 Å². The predicted octanol–water partition coefficient (Wildman–Crippen LogP) is 1.56. The number of hydrogen-bond donors (Lipinski definition) is 2. The monoisotopic (exact) mass is 167 g/mol. The van der Waals surface area contributed by atoms with Crippen LogP contribution in [0.5, 0.6) is 0 Å². The van der Waals surface area contributed by atoms with Gasteiger partial charge in [0.2, 0.25) is 0 Å². The van der Waals surface area contributed by atoms with Crippen LogP contribution in [0.1, 0.15) is 37.0 Å². The van der Waals surface area contributed by atoms with Crippen LogP contribution in [0.2, 0.25) is 0 Å². The van der Waals surface area contributed by atoms with Gasteiger partial charge in [-0.15, -0.1) is 0 Å². The van der Waals surface area contributed by atoms with Crippen LogP contribution in [0.15, 0.2) is 0 Å². The van der Waals surface area contributed by atoms with Crippen LogP contribution < -0.4 is 5.32 Å². The van der Waals surface area contributed by atoms with Gasteiger partial charge in [0.25, 0.3) is 0 Å². The van der Waals surface area contributed by atoms with Crippen molar-refractivity contribution in [2.24, 2.45) is 0 Å². The van der Waals surface area contributed by atoms with Gasteiger partial charge >= 0.3 is 0 Å². The number of nitrogens with one attached hydrogen (secondary N) is 2. The summed E-state index contributed by atoms with van der Waals surface area (Å²) in [5.41, 5.74) is 2.37. The van der Waals surface area contributed by atoms with Crippen molar-refractivity contribution in [1.82, 2.24) is 15.3 Å². The molecule has 0 aliphatic rings. The zero-order chi connectivity index (χ0) is 9.14. The molecule has 1 rings (SSSR count). The number of nitrogens with zero attached hydrogens (tertiary/aromatic N) is 1. The summed E-state index contributed by atoms with van der Waals surface area (Å²) in [6.07, 6.45) is 0. The summed E-state index contributed by atoms with van der Waals surface area (Å²) < 4.78 is 0. The molecule has 0 aliphatic heterocycles. The third kappa shape index (κ3) is 1.85. The number of aromatic nitrogens is 2. The molecule has 0 bridgehead atoms. The highest BCUT2D eigenvalue weighted by atomic mass is 15.0. The van der Waals surface area contributed by atoms with Crippen molar-refractivity contribution in [2.45, 2.75) is 33.2 Å². The fourth-order valence-electron chi connectivity index (χ4n) is 1.35. The third-order valence-electron chi connectivity index (χ3n) is 1.86. The van der Waals surface area contributed by atoms with Crippen LogP contribution in [0.4, 0.5) is 0 Å². The van der Waals surface area contributed by atoms with E-state index in [0.29, 0.717) is 5.92 Å². The Kier molecular flexibility index (Phi) is 2.87. The van der Waals surface area contributed by atoms with E-state index >= 15 is 0 Å².